The Morgan fingerprint density at radius 3 is 1.79 bits per heavy atom. The molecule has 0 bridgehead atoms. The van der Waals surface area contributed by atoms with Gasteiger partial charge in [-0.3, -0.25) is 4.79 Å². The molecule has 1 saturated carbocycles. The van der Waals surface area contributed by atoms with Crippen LogP contribution in [0.3, 0.4) is 0 Å². The Bertz CT molecular complexity index is 1050. The van der Waals surface area contributed by atoms with Crippen LogP contribution in [0.25, 0.3) is 0 Å². The number of hydrogen-bond donors (Lipinski definition) is 5. The summed E-state index contributed by atoms with van der Waals surface area (Å²) in [6.07, 6.45) is 7.53. The van der Waals surface area contributed by atoms with E-state index in [1.807, 2.05) is 24.3 Å². The number of rotatable bonds is 11. The van der Waals surface area contributed by atoms with Gasteiger partial charge in [0.05, 0.1) is 11.4 Å². The Morgan fingerprint density at radius 1 is 0.842 bits per heavy atom. The fraction of sp³-hybridized carbons (Fsp3) is 0.464. The van der Waals surface area contributed by atoms with Crippen LogP contribution in [0.4, 0.5) is 11.4 Å². The Balaban J connectivity index is 0.00000361. The zero-order valence-corrected chi connectivity index (χ0v) is 23.6. The van der Waals surface area contributed by atoms with Gasteiger partial charge < -0.3 is 28.0 Å². The van der Waals surface area contributed by atoms with E-state index in [0.29, 0.717) is 17.5 Å². The van der Waals surface area contributed by atoms with Crippen molar-refractivity contribution in [2.75, 3.05) is 0 Å². The average molecular weight is 566 g/mol. The lowest BCUT2D eigenvalue weighted by atomic mass is 9.64. The monoisotopic (exact) mass is 564 g/mol. The van der Waals surface area contributed by atoms with Crippen molar-refractivity contribution in [3.8, 4) is 0 Å². The summed E-state index contributed by atoms with van der Waals surface area (Å²) in [6.45, 7) is 2.18. The molecule has 2 aromatic rings. The quantitative estimate of drug-likeness (QED) is 0.134. The van der Waals surface area contributed by atoms with Gasteiger partial charge in [-0.2, -0.15) is 0 Å². The van der Waals surface area contributed by atoms with Crippen LogP contribution in [0.15, 0.2) is 58.5 Å². The van der Waals surface area contributed by atoms with E-state index in [2.05, 4.69) is 41.2 Å². The molecule has 10 heteroatoms. The number of nitrogens with zero attached hydrogens (tertiary/aromatic N) is 2. The second kappa shape index (κ2) is 16.1. The normalized spacial score (nSPS) is 19.2. The van der Waals surface area contributed by atoms with Crippen molar-refractivity contribution >= 4 is 54.1 Å². The number of carboxylic acids is 1. The molecule has 9 N–H and O–H groups in total. The summed E-state index contributed by atoms with van der Waals surface area (Å²) in [6, 6.07) is 16.2. The molecule has 1 fully saturated rings. The number of unbranched alkanes of at least 4 members (excludes halogenated alkanes) is 2. The van der Waals surface area contributed by atoms with Crippen molar-refractivity contribution in [1.29, 1.82) is 0 Å². The van der Waals surface area contributed by atoms with Gasteiger partial charge in [-0.1, -0.05) is 50.5 Å². The number of carboxylic acid groups (broad SMARTS) is 1. The molecular weight excluding hydrogens is 523 g/mol. The summed E-state index contributed by atoms with van der Waals surface area (Å²) in [4.78, 5) is 20.0. The van der Waals surface area contributed by atoms with E-state index >= 15 is 0 Å². The van der Waals surface area contributed by atoms with Crippen molar-refractivity contribution in [3.05, 3.63) is 59.7 Å². The van der Waals surface area contributed by atoms with Crippen molar-refractivity contribution < 1.29 is 9.90 Å². The second-order valence-electron chi connectivity index (χ2n) is 9.90. The smallest absolute Gasteiger partial charge is 0.303 e. The SMILES string of the molecule is CCCCCC(CC(=O)O)[C@@H]1CC[C@@H](c2ccc(N=C(N)N)cc2)[C@H](c2ccc(N=C(N)N)cc2)C1.Cl.Cl. The van der Waals surface area contributed by atoms with Gasteiger partial charge in [0.25, 0.3) is 0 Å². The molecule has 0 heterocycles. The van der Waals surface area contributed by atoms with Gasteiger partial charge in [0, 0.05) is 6.42 Å². The van der Waals surface area contributed by atoms with Crippen molar-refractivity contribution in [2.45, 2.75) is 70.1 Å². The van der Waals surface area contributed by atoms with E-state index in [-0.39, 0.29) is 55.0 Å². The number of aliphatic imine (C=N–C) groups is 2. The van der Waals surface area contributed by atoms with E-state index in [1.54, 1.807) is 0 Å². The molecule has 0 radical (unpaired) electrons. The number of hydrogen-bond acceptors (Lipinski definition) is 3. The fourth-order valence-corrected chi connectivity index (χ4v) is 5.67. The number of carbonyl (C=O) groups is 1. The Kier molecular flexibility index (Phi) is 14.0. The predicted octanol–water partition coefficient (Wildman–Crippen LogP) is 5.68. The summed E-state index contributed by atoms with van der Waals surface area (Å²) in [5.74, 6) is 0.502. The zero-order chi connectivity index (χ0) is 26.1. The van der Waals surface area contributed by atoms with Crippen molar-refractivity contribution in [1.82, 2.24) is 0 Å². The molecule has 4 atom stereocenters. The van der Waals surface area contributed by atoms with Crippen molar-refractivity contribution in [2.24, 2.45) is 44.8 Å². The Labute approximate surface area is 238 Å². The molecule has 0 saturated heterocycles. The lowest BCUT2D eigenvalue weighted by Crippen LogP contribution is -2.28. The first-order chi connectivity index (χ1) is 17.3. The molecule has 0 aromatic heterocycles. The van der Waals surface area contributed by atoms with E-state index < -0.39 is 5.97 Å². The van der Waals surface area contributed by atoms with Crippen molar-refractivity contribution in [3.63, 3.8) is 0 Å². The number of halogens is 2. The molecule has 3 rings (SSSR count). The first-order valence-electron chi connectivity index (χ1n) is 12.9. The summed E-state index contributed by atoms with van der Waals surface area (Å²) >= 11 is 0. The maximum absolute atomic E-state index is 11.7. The van der Waals surface area contributed by atoms with Gasteiger partial charge in [0.1, 0.15) is 0 Å². The largest absolute Gasteiger partial charge is 0.481 e. The summed E-state index contributed by atoms with van der Waals surface area (Å²) in [5.41, 5.74) is 26.0. The summed E-state index contributed by atoms with van der Waals surface area (Å²) in [5, 5.41) is 9.61. The Morgan fingerprint density at radius 2 is 1.34 bits per heavy atom. The van der Waals surface area contributed by atoms with Gasteiger partial charge in [0.15, 0.2) is 11.9 Å². The molecule has 8 nitrogen and oxygen atoms in total. The molecular formula is C28H42Cl2N6O2. The van der Waals surface area contributed by atoms with E-state index in [4.69, 9.17) is 22.9 Å². The lowest BCUT2D eigenvalue weighted by Gasteiger charge is -2.40. The van der Waals surface area contributed by atoms with Crippen LogP contribution < -0.4 is 22.9 Å². The third-order valence-electron chi connectivity index (χ3n) is 7.33. The summed E-state index contributed by atoms with van der Waals surface area (Å²) < 4.78 is 0. The standard InChI is InChI=1S/C28H40N6O2.2ClH/c1-2-3-4-5-20(17-26(35)36)21-10-15-24(18-6-11-22(12-7-18)33-27(29)30)25(16-21)19-8-13-23(14-9-19)34-28(31)32;;/h6-9,11-14,20-21,24-25H,2-5,10,15-17H2,1H3,(H,35,36)(H4,29,30,33)(H4,31,32,34);2*1H/t20?,21-,24+,25+;;/m1../s1. The van der Waals surface area contributed by atoms with Gasteiger partial charge in [-0.15, -0.1) is 24.8 Å². The van der Waals surface area contributed by atoms with Crippen LogP contribution in [0, 0.1) is 11.8 Å². The molecule has 2 aromatic carbocycles. The lowest BCUT2D eigenvalue weighted by molar-refractivity contribution is -0.138. The van der Waals surface area contributed by atoms with E-state index in [0.717, 1.165) is 50.6 Å². The first-order valence-corrected chi connectivity index (χ1v) is 12.9. The van der Waals surface area contributed by atoms with Gasteiger partial charge in [-0.05, 0) is 84.7 Å². The topological polar surface area (TPSA) is 166 Å². The predicted molar refractivity (Wildman–Crippen MR) is 161 cm³/mol. The number of aliphatic carboxylic acids is 1. The zero-order valence-electron chi connectivity index (χ0n) is 22.0. The van der Waals surface area contributed by atoms with Crippen LogP contribution >= 0.6 is 24.8 Å². The highest BCUT2D eigenvalue weighted by molar-refractivity contribution is 5.85. The number of benzene rings is 2. The van der Waals surface area contributed by atoms with Gasteiger partial charge in [-0.25, -0.2) is 9.98 Å². The highest BCUT2D eigenvalue weighted by atomic mass is 35.5. The molecule has 210 valence electrons. The average Bonchev–Trinajstić information content (AvgIpc) is 2.83. The third-order valence-corrected chi connectivity index (χ3v) is 7.33. The molecule has 0 spiro atoms. The van der Waals surface area contributed by atoms with Gasteiger partial charge >= 0.3 is 5.97 Å². The second-order valence-corrected chi connectivity index (χ2v) is 9.90. The van der Waals surface area contributed by atoms with E-state index in [9.17, 15) is 9.90 Å². The van der Waals surface area contributed by atoms with Crippen LogP contribution in [0.5, 0.6) is 0 Å². The van der Waals surface area contributed by atoms with Crippen LogP contribution in [0.1, 0.15) is 81.3 Å². The van der Waals surface area contributed by atoms with E-state index in [1.165, 1.54) is 11.1 Å². The highest BCUT2D eigenvalue weighted by Crippen LogP contribution is 2.49. The molecule has 1 aliphatic rings. The number of guanidine groups is 2. The first kappa shape index (κ1) is 33.1. The highest BCUT2D eigenvalue weighted by Gasteiger charge is 2.36. The molecule has 0 aliphatic heterocycles. The molecule has 1 aliphatic carbocycles. The maximum Gasteiger partial charge on any atom is 0.303 e. The minimum Gasteiger partial charge on any atom is -0.481 e. The fourth-order valence-electron chi connectivity index (χ4n) is 5.67. The van der Waals surface area contributed by atoms with Crippen LogP contribution in [0.2, 0.25) is 0 Å². The minimum absolute atomic E-state index is 0. The molecule has 38 heavy (non-hydrogen) atoms. The molecule has 1 unspecified atom stereocenters. The summed E-state index contributed by atoms with van der Waals surface area (Å²) in [7, 11) is 0. The van der Waals surface area contributed by atoms with Crippen LogP contribution in [-0.2, 0) is 4.79 Å². The maximum atomic E-state index is 11.7. The van der Waals surface area contributed by atoms with Gasteiger partial charge in [0.2, 0.25) is 0 Å². The van der Waals surface area contributed by atoms with Crippen LogP contribution in [-0.4, -0.2) is 23.0 Å². The molecule has 0 amide bonds. The minimum atomic E-state index is -0.702. The third kappa shape index (κ3) is 9.72. The Hall–Kier alpha value is -2.97. The number of nitrogens with two attached hydrogens (primary N) is 4.